The molecule has 0 spiro atoms. The molecule has 0 bridgehead atoms. The van der Waals surface area contributed by atoms with E-state index in [2.05, 4.69) is 35.0 Å². The van der Waals surface area contributed by atoms with Crippen molar-refractivity contribution in [2.75, 3.05) is 0 Å². The van der Waals surface area contributed by atoms with E-state index in [9.17, 15) is 0 Å². The summed E-state index contributed by atoms with van der Waals surface area (Å²) in [5.74, 6) is 2.94. The number of alkyl halides is 1. The lowest BCUT2D eigenvalue weighted by molar-refractivity contribution is 0.166. The fourth-order valence-electron chi connectivity index (χ4n) is 4.47. The summed E-state index contributed by atoms with van der Waals surface area (Å²) in [6.45, 7) is 2.57. The highest BCUT2D eigenvalue weighted by atomic mass is 79.9. The molecular weight excluding hydrogens is 284 g/mol. The first-order valence-electron chi connectivity index (χ1n) is 8.01. The van der Waals surface area contributed by atoms with E-state index in [0.29, 0.717) is 5.41 Å². The molecule has 2 fully saturated rings. The van der Waals surface area contributed by atoms with Gasteiger partial charge in [-0.05, 0) is 74.5 Å². The minimum atomic E-state index is 0.512. The van der Waals surface area contributed by atoms with Crippen molar-refractivity contribution in [1.82, 2.24) is 0 Å². The van der Waals surface area contributed by atoms with Crippen LogP contribution in [0.1, 0.15) is 64.7 Å². The van der Waals surface area contributed by atoms with E-state index in [1.54, 1.807) is 0 Å². The smallest absolute Gasteiger partial charge is 0.0207 e. The third-order valence-electron chi connectivity index (χ3n) is 6.21. The summed E-state index contributed by atoms with van der Waals surface area (Å²) < 4.78 is 0. The van der Waals surface area contributed by atoms with Crippen LogP contribution in [0.25, 0.3) is 0 Å². The first kappa shape index (κ1) is 13.2. The average Bonchev–Trinajstić information content (AvgIpc) is 2.65. The molecule has 102 valence electrons. The Kier molecular flexibility index (Phi) is 3.90. The summed E-state index contributed by atoms with van der Waals surface area (Å²) in [6, 6.07) is 0. The van der Waals surface area contributed by atoms with Crippen molar-refractivity contribution in [3.8, 4) is 0 Å². The van der Waals surface area contributed by atoms with E-state index in [-0.39, 0.29) is 0 Å². The molecule has 0 aromatic carbocycles. The maximum atomic E-state index is 4.09. The normalized spacial score (nSPS) is 48.8. The van der Waals surface area contributed by atoms with Crippen LogP contribution in [0.4, 0.5) is 0 Å². The second-order valence-corrected chi connectivity index (χ2v) is 8.27. The Labute approximate surface area is 121 Å². The lowest BCUT2D eigenvalue weighted by Gasteiger charge is -2.40. The van der Waals surface area contributed by atoms with E-state index < -0.39 is 0 Å². The van der Waals surface area contributed by atoms with Gasteiger partial charge in [-0.25, -0.2) is 0 Å². The Morgan fingerprint density at radius 3 is 2.67 bits per heavy atom. The molecule has 1 heteroatoms. The van der Waals surface area contributed by atoms with Crippen LogP contribution in [0.2, 0.25) is 0 Å². The highest BCUT2D eigenvalue weighted by Gasteiger charge is 2.45. The number of hydrogen-bond acceptors (Lipinski definition) is 0. The first-order chi connectivity index (χ1) is 8.70. The maximum Gasteiger partial charge on any atom is 0.0207 e. The van der Waals surface area contributed by atoms with Gasteiger partial charge in [0.25, 0.3) is 0 Å². The van der Waals surface area contributed by atoms with E-state index in [1.165, 1.54) is 57.8 Å². The predicted octanol–water partition coefficient (Wildman–Crippen LogP) is 5.71. The van der Waals surface area contributed by atoms with Crippen LogP contribution in [-0.2, 0) is 0 Å². The van der Waals surface area contributed by atoms with Crippen molar-refractivity contribution in [3.63, 3.8) is 0 Å². The summed E-state index contributed by atoms with van der Waals surface area (Å²) >= 11 is 4.09. The Morgan fingerprint density at radius 2 is 1.89 bits per heavy atom. The molecule has 2 saturated carbocycles. The molecule has 0 aliphatic heterocycles. The van der Waals surface area contributed by atoms with Crippen molar-refractivity contribution in [2.24, 2.45) is 23.2 Å². The molecule has 0 saturated heterocycles. The van der Waals surface area contributed by atoms with Gasteiger partial charge in [-0.2, -0.15) is 0 Å². The summed E-state index contributed by atoms with van der Waals surface area (Å²) in [5.41, 5.74) is 0.512. The van der Waals surface area contributed by atoms with Gasteiger partial charge in [-0.3, -0.25) is 0 Å². The molecule has 0 aromatic rings. The van der Waals surface area contributed by atoms with Gasteiger partial charge in [0.05, 0.1) is 0 Å². The summed E-state index contributed by atoms with van der Waals surface area (Å²) in [4.78, 5) is 0.744. The monoisotopic (exact) mass is 310 g/mol. The van der Waals surface area contributed by atoms with Crippen molar-refractivity contribution in [3.05, 3.63) is 12.2 Å². The molecule has 3 aliphatic rings. The lowest BCUT2D eigenvalue weighted by atomic mass is 9.69. The summed E-state index contributed by atoms with van der Waals surface area (Å²) in [5, 5.41) is 0. The topological polar surface area (TPSA) is 0 Å². The van der Waals surface area contributed by atoms with Gasteiger partial charge in [0.15, 0.2) is 0 Å². The van der Waals surface area contributed by atoms with Gasteiger partial charge in [0.2, 0.25) is 0 Å². The first-order valence-corrected chi connectivity index (χ1v) is 8.92. The molecule has 0 N–H and O–H groups in total. The quantitative estimate of drug-likeness (QED) is 0.429. The SMILES string of the molecule is CC1(C2C=CCCCC2)CCC2CCC2CC1Br. The van der Waals surface area contributed by atoms with Crippen LogP contribution < -0.4 is 0 Å². The molecule has 0 aromatic heterocycles. The number of fused-ring (bicyclic) bond motifs is 1. The van der Waals surface area contributed by atoms with Crippen LogP contribution in [0.15, 0.2) is 12.2 Å². The lowest BCUT2D eigenvalue weighted by Crippen LogP contribution is -2.35. The van der Waals surface area contributed by atoms with Crippen molar-refractivity contribution < 1.29 is 0 Å². The van der Waals surface area contributed by atoms with Gasteiger partial charge in [-0.1, -0.05) is 41.4 Å². The molecule has 5 unspecified atom stereocenters. The molecule has 0 heterocycles. The number of hydrogen-bond donors (Lipinski definition) is 0. The average molecular weight is 311 g/mol. The summed E-state index contributed by atoms with van der Waals surface area (Å²) in [6.07, 6.45) is 18.0. The van der Waals surface area contributed by atoms with E-state index in [1.807, 2.05) is 0 Å². The zero-order chi connectivity index (χ0) is 12.6. The van der Waals surface area contributed by atoms with E-state index in [4.69, 9.17) is 0 Å². The molecular formula is C17H27Br. The molecule has 18 heavy (non-hydrogen) atoms. The number of allylic oxidation sites excluding steroid dienone is 2. The van der Waals surface area contributed by atoms with Gasteiger partial charge in [0, 0.05) is 4.83 Å². The zero-order valence-electron chi connectivity index (χ0n) is 11.7. The van der Waals surface area contributed by atoms with Crippen LogP contribution in [0.5, 0.6) is 0 Å². The summed E-state index contributed by atoms with van der Waals surface area (Å²) in [7, 11) is 0. The maximum absolute atomic E-state index is 4.09. The molecule has 3 aliphatic carbocycles. The van der Waals surface area contributed by atoms with Crippen LogP contribution >= 0.6 is 15.9 Å². The number of rotatable bonds is 1. The van der Waals surface area contributed by atoms with Gasteiger partial charge in [-0.15, -0.1) is 0 Å². The Morgan fingerprint density at radius 1 is 1.06 bits per heavy atom. The van der Waals surface area contributed by atoms with Gasteiger partial charge < -0.3 is 0 Å². The zero-order valence-corrected chi connectivity index (χ0v) is 13.3. The van der Waals surface area contributed by atoms with Gasteiger partial charge in [0.1, 0.15) is 0 Å². The standard InChI is InChI=1S/C17H27Br/c1-17(15-6-4-2-3-5-7-15)11-10-13-8-9-14(13)12-16(17)18/h4,6,13-16H,2-3,5,7-12H2,1H3. The molecule has 3 rings (SSSR count). The predicted molar refractivity (Wildman–Crippen MR) is 82.0 cm³/mol. The Balaban J connectivity index is 1.77. The molecule has 0 radical (unpaired) electrons. The molecule has 5 atom stereocenters. The van der Waals surface area contributed by atoms with Crippen molar-refractivity contribution >= 4 is 15.9 Å². The largest absolute Gasteiger partial charge is 0.0884 e. The van der Waals surface area contributed by atoms with Gasteiger partial charge >= 0.3 is 0 Å². The highest BCUT2D eigenvalue weighted by Crippen LogP contribution is 2.54. The van der Waals surface area contributed by atoms with Crippen LogP contribution in [-0.4, -0.2) is 4.83 Å². The molecule has 0 amide bonds. The third kappa shape index (κ3) is 2.32. The fraction of sp³-hybridized carbons (Fsp3) is 0.882. The Bertz CT molecular complexity index is 322. The second-order valence-electron chi connectivity index (χ2n) is 7.16. The second kappa shape index (κ2) is 5.31. The van der Waals surface area contributed by atoms with E-state index >= 15 is 0 Å². The minimum Gasteiger partial charge on any atom is -0.0884 e. The molecule has 0 nitrogen and oxygen atoms in total. The van der Waals surface area contributed by atoms with Crippen LogP contribution in [0, 0.1) is 23.2 Å². The van der Waals surface area contributed by atoms with Crippen molar-refractivity contribution in [1.29, 1.82) is 0 Å². The minimum absolute atomic E-state index is 0.512. The number of halogens is 1. The third-order valence-corrected chi connectivity index (χ3v) is 7.63. The van der Waals surface area contributed by atoms with E-state index in [0.717, 1.165) is 22.6 Å². The fourth-order valence-corrected chi connectivity index (χ4v) is 5.52. The van der Waals surface area contributed by atoms with Crippen molar-refractivity contribution in [2.45, 2.75) is 69.5 Å². The van der Waals surface area contributed by atoms with Crippen LogP contribution in [0.3, 0.4) is 0 Å². The highest BCUT2D eigenvalue weighted by molar-refractivity contribution is 9.09. The Hall–Kier alpha value is 0.220.